The SMILES string of the molecule is O=C(c1ccc(F)cc1F)N1CCC[C@H](O)C1. The van der Waals surface area contributed by atoms with E-state index < -0.39 is 23.6 Å². The zero-order valence-corrected chi connectivity index (χ0v) is 9.20. The molecule has 0 radical (unpaired) electrons. The van der Waals surface area contributed by atoms with Crippen LogP contribution in [-0.2, 0) is 0 Å². The number of benzene rings is 1. The Hall–Kier alpha value is -1.49. The quantitative estimate of drug-likeness (QED) is 0.810. The van der Waals surface area contributed by atoms with Crippen LogP contribution in [0.3, 0.4) is 0 Å². The molecule has 1 aromatic rings. The van der Waals surface area contributed by atoms with Crippen LogP contribution in [0.25, 0.3) is 0 Å². The molecule has 0 saturated carbocycles. The highest BCUT2D eigenvalue weighted by Gasteiger charge is 2.24. The number of halogens is 2. The van der Waals surface area contributed by atoms with Gasteiger partial charge in [-0.2, -0.15) is 0 Å². The molecule has 1 saturated heterocycles. The average molecular weight is 241 g/mol. The molecule has 3 nitrogen and oxygen atoms in total. The van der Waals surface area contributed by atoms with Crippen molar-refractivity contribution in [2.75, 3.05) is 13.1 Å². The third-order valence-electron chi connectivity index (χ3n) is 2.85. The van der Waals surface area contributed by atoms with E-state index in [0.29, 0.717) is 25.5 Å². The number of likely N-dealkylation sites (tertiary alicyclic amines) is 1. The van der Waals surface area contributed by atoms with Crippen molar-refractivity contribution in [3.63, 3.8) is 0 Å². The second-order valence-corrected chi connectivity index (χ2v) is 4.17. The van der Waals surface area contributed by atoms with Crippen molar-refractivity contribution in [2.24, 2.45) is 0 Å². The summed E-state index contributed by atoms with van der Waals surface area (Å²) in [6.07, 6.45) is 0.780. The van der Waals surface area contributed by atoms with Crippen LogP contribution in [0.4, 0.5) is 8.78 Å². The van der Waals surface area contributed by atoms with Gasteiger partial charge >= 0.3 is 0 Å². The van der Waals surface area contributed by atoms with Gasteiger partial charge in [-0.1, -0.05) is 0 Å². The number of hydrogen-bond acceptors (Lipinski definition) is 2. The molecule has 1 aromatic carbocycles. The maximum atomic E-state index is 13.4. The Bertz CT molecular complexity index is 437. The molecule has 1 amide bonds. The van der Waals surface area contributed by atoms with E-state index in [1.807, 2.05) is 0 Å². The summed E-state index contributed by atoms with van der Waals surface area (Å²) in [6.45, 7) is 0.697. The van der Waals surface area contributed by atoms with E-state index in [4.69, 9.17) is 0 Å². The molecule has 1 aliphatic rings. The fraction of sp³-hybridized carbons (Fsp3) is 0.417. The predicted molar refractivity (Wildman–Crippen MR) is 57.5 cm³/mol. The van der Waals surface area contributed by atoms with E-state index in [1.54, 1.807) is 0 Å². The van der Waals surface area contributed by atoms with E-state index in [-0.39, 0.29) is 12.1 Å². The van der Waals surface area contributed by atoms with Gasteiger partial charge in [-0.05, 0) is 25.0 Å². The third kappa shape index (κ3) is 2.61. The second kappa shape index (κ2) is 4.79. The Morgan fingerprint density at radius 2 is 2.18 bits per heavy atom. The monoisotopic (exact) mass is 241 g/mol. The Kier molecular flexibility index (Phi) is 3.38. The first-order valence-corrected chi connectivity index (χ1v) is 5.50. The van der Waals surface area contributed by atoms with Gasteiger partial charge in [0.15, 0.2) is 0 Å². The summed E-state index contributed by atoms with van der Waals surface area (Å²) in [4.78, 5) is 13.3. The number of β-amino-alcohol motifs (C(OH)–C–C–N with tert-alkyl or cyclic N) is 1. The van der Waals surface area contributed by atoms with Gasteiger partial charge in [0.2, 0.25) is 0 Å². The fourth-order valence-electron chi connectivity index (χ4n) is 1.97. The van der Waals surface area contributed by atoms with E-state index in [2.05, 4.69) is 0 Å². The number of hydrogen-bond donors (Lipinski definition) is 1. The molecule has 0 bridgehead atoms. The van der Waals surface area contributed by atoms with E-state index >= 15 is 0 Å². The zero-order valence-electron chi connectivity index (χ0n) is 9.20. The van der Waals surface area contributed by atoms with Crippen molar-refractivity contribution in [2.45, 2.75) is 18.9 Å². The van der Waals surface area contributed by atoms with Gasteiger partial charge in [0.05, 0.1) is 11.7 Å². The van der Waals surface area contributed by atoms with E-state index in [0.717, 1.165) is 12.1 Å². The summed E-state index contributed by atoms with van der Waals surface area (Å²) in [7, 11) is 0. The number of nitrogens with zero attached hydrogens (tertiary/aromatic N) is 1. The molecular formula is C12H13F2NO2. The van der Waals surface area contributed by atoms with Crippen molar-refractivity contribution in [3.8, 4) is 0 Å². The maximum Gasteiger partial charge on any atom is 0.256 e. The molecule has 2 rings (SSSR count). The van der Waals surface area contributed by atoms with Gasteiger partial charge < -0.3 is 10.0 Å². The summed E-state index contributed by atoms with van der Waals surface area (Å²) >= 11 is 0. The number of amides is 1. The molecular weight excluding hydrogens is 228 g/mol. The van der Waals surface area contributed by atoms with Crippen molar-refractivity contribution in [1.82, 2.24) is 4.90 Å². The minimum Gasteiger partial charge on any atom is -0.391 e. The van der Waals surface area contributed by atoms with E-state index in [1.165, 1.54) is 4.90 Å². The highest BCUT2D eigenvalue weighted by Crippen LogP contribution is 2.16. The van der Waals surface area contributed by atoms with Crippen molar-refractivity contribution >= 4 is 5.91 Å². The lowest BCUT2D eigenvalue weighted by Gasteiger charge is -2.30. The average Bonchev–Trinajstić information content (AvgIpc) is 2.28. The Labute approximate surface area is 97.7 Å². The standard InChI is InChI=1S/C12H13F2NO2/c13-8-3-4-10(11(14)6-8)12(17)15-5-1-2-9(16)7-15/h3-4,6,9,16H,1-2,5,7H2/t9-/m0/s1. The molecule has 0 unspecified atom stereocenters. The molecule has 1 fully saturated rings. The van der Waals surface area contributed by atoms with Crippen LogP contribution in [0, 0.1) is 11.6 Å². The number of carbonyl (C=O) groups is 1. The van der Waals surface area contributed by atoms with Gasteiger partial charge in [0.1, 0.15) is 11.6 Å². The highest BCUT2D eigenvalue weighted by molar-refractivity contribution is 5.94. The number of aliphatic hydroxyl groups is 1. The topological polar surface area (TPSA) is 40.5 Å². The molecule has 0 aliphatic carbocycles. The number of carbonyl (C=O) groups excluding carboxylic acids is 1. The van der Waals surface area contributed by atoms with Crippen LogP contribution < -0.4 is 0 Å². The van der Waals surface area contributed by atoms with Crippen molar-refractivity contribution < 1.29 is 18.7 Å². The Balaban J connectivity index is 2.18. The van der Waals surface area contributed by atoms with Crippen LogP contribution >= 0.6 is 0 Å². The summed E-state index contributed by atoms with van der Waals surface area (Å²) in [5, 5.41) is 9.44. The third-order valence-corrected chi connectivity index (χ3v) is 2.85. The molecule has 1 N–H and O–H groups in total. The maximum absolute atomic E-state index is 13.4. The lowest BCUT2D eigenvalue weighted by molar-refractivity contribution is 0.0470. The molecule has 0 spiro atoms. The molecule has 1 aliphatic heterocycles. The molecule has 5 heteroatoms. The lowest BCUT2D eigenvalue weighted by atomic mass is 10.1. The minimum absolute atomic E-state index is 0.152. The number of aliphatic hydroxyl groups excluding tert-OH is 1. The predicted octanol–water partition coefficient (Wildman–Crippen LogP) is 1.56. The first-order chi connectivity index (χ1) is 8.08. The number of rotatable bonds is 1. The van der Waals surface area contributed by atoms with Crippen LogP contribution in [0.15, 0.2) is 18.2 Å². The normalized spacial score (nSPS) is 20.4. The smallest absolute Gasteiger partial charge is 0.256 e. The second-order valence-electron chi connectivity index (χ2n) is 4.17. The van der Waals surface area contributed by atoms with Gasteiger partial charge in [0.25, 0.3) is 5.91 Å². The van der Waals surface area contributed by atoms with Gasteiger partial charge in [-0.25, -0.2) is 8.78 Å². The van der Waals surface area contributed by atoms with E-state index in [9.17, 15) is 18.7 Å². The highest BCUT2D eigenvalue weighted by atomic mass is 19.1. The lowest BCUT2D eigenvalue weighted by Crippen LogP contribution is -2.42. The summed E-state index contributed by atoms with van der Waals surface area (Å²) in [5.41, 5.74) is -0.152. The Morgan fingerprint density at radius 3 is 2.82 bits per heavy atom. The zero-order chi connectivity index (χ0) is 12.4. The summed E-state index contributed by atoms with van der Waals surface area (Å²) in [5.74, 6) is -2.07. The molecule has 1 atom stereocenters. The van der Waals surface area contributed by atoms with Gasteiger partial charge in [-0.15, -0.1) is 0 Å². The Morgan fingerprint density at radius 1 is 1.41 bits per heavy atom. The first kappa shape index (κ1) is 12.0. The first-order valence-electron chi connectivity index (χ1n) is 5.50. The molecule has 17 heavy (non-hydrogen) atoms. The van der Waals surface area contributed by atoms with Crippen LogP contribution in [0.5, 0.6) is 0 Å². The summed E-state index contributed by atoms with van der Waals surface area (Å²) in [6, 6.07) is 2.87. The molecule has 0 aromatic heterocycles. The largest absolute Gasteiger partial charge is 0.391 e. The van der Waals surface area contributed by atoms with Crippen LogP contribution in [0.2, 0.25) is 0 Å². The van der Waals surface area contributed by atoms with Crippen molar-refractivity contribution in [3.05, 3.63) is 35.4 Å². The molecule has 92 valence electrons. The number of piperidine rings is 1. The minimum atomic E-state index is -0.866. The molecule has 1 heterocycles. The van der Waals surface area contributed by atoms with Crippen LogP contribution in [0.1, 0.15) is 23.2 Å². The summed E-state index contributed by atoms with van der Waals surface area (Å²) < 4.78 is 26.1. The van der Waals surface area contributed by atoms with Crippen LogP contribution in [-0.4, -0.2) is 35.1 Å². The van der Waals surface area contributed by atoms with Gasteiger partial charge in [-0.3, -0.25) is 4.79 Å². The van der Waals surface area contributed by atoms with Crippen molar-refractivity contribution in [1.29, 1.82) is 0 Å². The fourth-order valence-corrected chi connectivity index (χ4v) is 1.97. The van der Waals surface area contributed by atoms with Gasteiger partial charge in [0, 0.05) is 19.2 Å².